The van der Waals surface area contributed by atoms with E-state index in [1.54, 1.807) is 18.5 Å². The number of carbonyl (C=O) groups excluding carboxylic acids is 1. The van der Waals surface area contributed by atoms with Crippen molar-refractivity contribution in [1.82, 2.24) is 9.55 Å². The Hall–Kier alpha value is -3.14. The Morgan fingerprint density at radius 2 is 1.83 bits per heavy atom. The molecule has 0 bridgehead atoms. The van der Waals surface area contributed by atoms with E-state index in [-0.39, 0.29) is 12.6 Å². The van der Waals surface area contributed by atoms with Crippen LogP contribution >= 0.6 is 0 Å². The summed E-state index contributed by atoms with van der Waals surface area (Å²) in [6.07, 6.45) is 9.12. The lowest BCUT2D eigenvalue weighted by molar-refractivity contribution is 0.0538. The van der Waals surface area contributed by atoms with Crippen LogP contribution in [-0.2, 0) is 11.3 Å². The summed E-state index contributed by atoms with van der Waals surface area (Å²) in [5.41, 5.74) is 2.70. The topological polar surface area (TPSA) is 44.1 Å². The largest absolute Gasteiger partial charge is 0.457 e. The zero-order valence-electron chi connectivity index (χ0n) is 13.2. The molecule has 0 atom stereocenters. The minimum Gasteiger partial charge on any atom is -0.457 e. The smallest absolute Gasteiger partial charge is 0.355 e. The molecule has 2 aromatic heterocycles. The molecular weight excluding hydrogens is 300 g/mol. The first-order valence-electron chi connectivity index (χ1n) is 7.76. The van der Waals surface area contributed by atoms with Crippen molar-refractivity contribution in [3.8, 4) is 0 Å². The lowest BCUT2D eigenvalue weighted by Crippen LogP contribution is -2.12. The number of pyridine rings is 1. The highest BCUT2D eigenvalue weighted by atomic mass is 16.5. The second kappa shape index (κ2) is 7.92. The van der Waals surface area contributed by atoms with Gasteiger partial charge in [0, 0.05) is 25.1 Å². The molecule has 0 unspecified atom stereocenters. The Morgan fingerprint density at radius 1 is 1.04 bits per heavy atom. The summed E-state index contributed by atoms with van der Waals surface area (Å²) in [5.74, 6) is -0.327. The van der Waals surface area contributed by atoms with Crippen LogP contribution in [0.25, 0.3) is 6.08 Å². The predicted octanol–water partition coefficient (Wildman–Crippen LogP) is 3.80. The van der Waals surface area contributed by atoms with E-state index in [1.807, 2.05) is 71.4 Å². The van der Waals surface area contributed by atoms with Crippen LogP contribution in [-0.4, -0.2) is 22.1 Å². The second-order valence-corrected chi connectivity index (χ2v) is 5.29. The molecule has 0 saturated carbocycles. The average Bonchev–Trinajstić information content (AvgIpc) is 3.08. The molecule has 1 aromatic carbocycles. The summed E-state index contributed by atoms with van der Waals surface area (Å²) in [6, 6.07) is 17.4. The molecule has 0 aliphatic rings. The van der Waals surface area contributed by atoms with Gasteiger partial charge in [-0.05, 0) is 41.5 Å². The van der Waals surface area contributed by atoms with Crippen LogP contribution in [0.5, 0.6) is 0 Å². The molecule has 24 heavy (non-hydrogen) atoms. The first kappa shape index (κ1) is 15.7. The van der Waals surface area contributed by atoms with Gasteiger partial charge in [0.25, 0.3) is 0 Å². The van der Waals surface area contributed by atoms with Crippen molar-refractivity contribution >= 4 is 12.0 Å². The van der Waals surface area contributed by atoms with E-state index in [2.05, 4.69) is 4.98 Å². The molecule has 0 radical (unpaired) electrons. The van der Waals surface area contributed by atoms with Gasteiger partial charge in [-0.2, -0.15) is 0 Å². The zero-order valence-corrected chi connectivity index (χ0v) is 13.2. The summed E-state index contributed by atoms with van der Waals surface area (Å²) in [7, 11) is 0. The maximum atomic E-state index is 12.2. The molecule has 3 aromatic rings. The number of rotatable bonds is 6. The Kier molecular flexibility index (Phi) is 5.20. The van der Waals surface area contributed by atoms with Gasteiger partial charge in [0.2, 0.25) is 0 Å². The van der Waals surface area contributed by atoms with Gasteiger partial charge in [-0.15, -0.1) is 0 Å². The molecule has 0 N–H and O–H groups in total. The number of esters is 1. The highest BCUT2D eigenvalue weighted by Crippen LogP contribution is 2.09. The van der Waals surface area contributed by atoms with Crippen LogP contribution in [0.3, 0.4) is 0 Å². The van der Waals surface area contributed by atoms with E-state index in [1.165, 1.54) is 0 Å². The van der Waals surface area contributed by atoms with Crippen molar-refractivity contribution in [3.63, 3.8) is 0 Å². The monoisotopic (exact) mass is 318 g/mol. The van der Waals surface area contributed by atoms with Crippen LogP contribution in [0.2, 0.25) is 0 Å². The summed E-state index contributed by atoms with van der Waals surface area (Å²) >= 11 is 0. The van der Waals surface area contributed by atoms with Crippen LogP contribution in [0.4, 0.5) is 0 Å². The normalized spacial score (nSPS) is 10.8. The fraction of sp³-hybridized carbons (Fsp3) is 0.100. The average molecular weight is 318 g/mol. The van der Waals surface area contributed by atoms with E-state index in [9.17, 15) is 4.79 Å². The van der Waals surface area contributed by atoms with Crippen LogP contribution < -0.4 is 0 Å². The van der Waals surface area contributed by atoms with Crippen LogP contribution in [0.1, 0.15) is 21.6 Å². The molecule has 0 spiro atoms. The highest BCUT2D eigenvalue weighted by Gasteiger charge is 2.11. The molecule has 0 aliphatic heterocycles. The van der Waals surface area contributed by atoms with E-state index < -0.39 is 0 Å². The molecular formula is C20H18N2O2. The van der Waals surface area contributed by atoms with Gasteiger partial charge >= 0.3 is 5.97 Å². The van der Waals surface area contributed by atoms with Gasteiger partial charge in [0.15, 0.2) is 0 Å². The van der Waals surface area contributed by atoms with Crippen molar-refractivity contribution in [2.45, 2.75) is 6.54 Å². The minimum atomic E-state index is -0.327. The molecule has 0 fully saturated rings. The number of hydrogen-bond acceptors (Lipinski definition) is 3. The van der Waals surface area contributed by atoms with Gasteiger partial charge in [0.05, 0.1) is 0 Å². The number of carbonyl (C=O) groups is 1. The Morgan fingerprint density at radius 3 is 2.62 bits per heavy atom. The highest BCUT2D eigenvalue weighted by molar-refractivity contribution is 5.87. The van der Waals surface area contributed by atoms with E-state index >= 15 is 0 Å². The maximum absolute atomic E-state index is 12.2. The minimum absolute atomic E-state index is 0.244. The summed E-state index contributed by atoms with van der Waals surface area (Å²) < 4.78 is 7.20. The molecule has 2 heterocycles. The summed E-state index contributed by atoms with van der Waals surface area (Å²) in [6.45, 7) is 0.855. The summed E-state index contributed by atoms with van der Waals surface area (Å²) in [4.78, 5) is 16.2. The second-order valence-electron chi connectivity index (χ2n) is 5.29. The van der Waals surface area contributed by atoms with Crippen LogP contribution in [0, 0.1) is 0 Å². The standard InChI is InChI=1S/C20H18N2O2/c23-20(24-15-5-8-17-6-2-1-3-7-17)19-9-4-14-22(19)16-18-10-12-21-13-11-18/h1-14H,15-16H2. The third-order valence-electron chi connectivity index (χ3n) is 3.56. The number of ether oxygens (including phenoxy) is 1. The van der Waals surface area contributed by atoms with Crippen molar-refractivity contribution in [1.29, 1.82) is 0 Å². The molecule has 4 nitrogen and oxygen atoms in total. The Balaban J connectivity index is 1.58. The molecule has 0 amide bonds. The van der Waals surface area contributed by atoms with Gasteiger partial charge in [-0.25, -0.2) is 4.79 Å². The molecule has 0 saturated heterocycles. The Bertz CT molecular complexity index is 808. The lowest BCUT2D eigenvalue weighted by Gasteiger charge is -2.08. The SMILES string of the molecule is O=C(OCC=Cc1ccccc1)c1cccn1Cc1ccncc1. The third kappa shape index (κ3) is 4.20. The molecule has 0 aliphatic carbocycles. The number of aromatic nitrogens is 2. The van der Waals surface area contributed by atoms with E-state index in [4.69, 9.17) is 4.74 Å². The molecule has 4 heteroatoms. The fourth-order valence-corrected chi connectivity index (χ4v) is 2.37. The van der Waals surface area contributed by atoms with Gasteiger partial charge in [-0.3, -0.25) is 4.98 Å². The predicted molar refractivity (Wildman–Crippen MR) is 93.5 cm³/mol. The number of benzene rings is 1. The van der Waals surface area contributed by atoms with E-state index in [0.29, 0.717) is 12.2 Å². The Labute approximate surface area is 141 Å². The first-order valence-corrected chi connectivity index (χ1v) is 7.76. The number of hydrogen-bond donors (Lipinski definition) is 0. The first-order chi connectivity index (χ1) is 11.8. The molecule has 120 valence electrons. The quantitative estimate of drug-likeness (QED) is 0.649. The van der Waals surface area contributed by atoms with E-state index in [0.717, 1.165) is 11.1 Å². The van der Waals surface area contributed by atoms with Crippen molar-refractivity contribution in [2.24, 2.45) is 0 Å². The van der Waals surface area contributed by atoms with Gasteiger partial charge in [0.1, 0.15) is 12.3 Å². The maximum Gasteiger partial charge on any atom is 0.355 e. The van der Waals surface area contributed by atoms with Crippen LogP contribution in [0.15, 0.2) is 79.3 Å². The van der Waals surface area contributed by atoms with Gasteiger partial charge in [-0.1, -0.05) is 36.4 Å². The van der Waals surface area contributed by atoms with Crippen molar-refractivity contribution in [2.75, 3.05) is 6.61 Å². The van der Waals surface area contributed by atoms with Gasteiger partial charge < -0.3 is 9.30 Å². The third-order valence-corrected chi connectivity index (χ3v) is 3.56. The zero-order chi connectivity index (χ0) is 16.6. The van der Waals surface area contributed by atoms with Crippen molar-refractivity contribution < 1.29 is 9.53 Å². The van der Waals surface area contributed by atoms with Crippen molar-refractivity contribution in [3.05, 3.63) is 96.1 Å². The summed E-state index contributed by atoms with van der Waals surface area (Å²) in [5, 5.41) is 0. The number of nitrogens with zero attached hydrogens (tertiary/aromatic N) is 2. The lowest BCUT2D eigenvalue weighted by atomic mass is 10.2. The molecule has 3 rings (SSSR count). The fourth-order valence-electron chi connectivity index (χ4n) is 2.37.